The molecule has 0 radical (unpaired) electrons. The van der Waals surface area contributed by atoms with E-state index in [2.05, 4.69) is 15.2 Å². The number of halogens is 2. The summed E-state index contributed by atoms with van der Waals surface area (Å²) in [6.45, 7) is 0.351. The molecule has 2 aromatic heterocycles. The molecule has 0 fully saturated rings. The molecule has 0 unspecified atom stereocenters. The fourth-order valence-corrected chi connectivity index (χ4v) is 2.30. The van der Waals surface area contributed by atoms with Gasteiger partial charge in [0.2, 0.25) is 5.82 Å². The maximum absolute atomic E-state index is 12.8. The summed E-state index contributed by atoms with van der Waals surface area (Å²) < 4.78 is 28.1. The smallest absolute Gasteiger partial charge is 0.321 e. The van der Waals surface area contributed by atoms with Gasteiger partial charge < -0.3 is 9.77 Å². The normalized spacial score (nSPS) is 15.4. The van der Waals surface area contributed by atoms with Crippen molar-refractivity contribution in [3.05, 3.63) is 17.7 Å². The molecule has 1 aliphatic heterocycles. The van der Waals surface area contributed by atoms with Crippen LogP contribution in [0.5, 0.6) is 0 Å². The van der Waals surface area contributed by atoms with Gasteiger partial charge in [-0.1, -0.05) is 0 Å². The van der Waals surface area contributed by atoms with Gasteiger partial charge >= 0.3 is 6.55 Å². The standard InChI is InChI=1S/C10H12F2N6O/c1-2-17-7-4-16(19)3-6(7)14-8(17)9-15-13-5-18(9)10(11)12/h5,10,19H,2-4H2,1H3. The zero-order valence-electron chi connectivity index (χ0n) is 10.2. The van der Waals surface area contributed by atoms with Crippen LogP contribution in [0.1, 0.15) is 24.9 Å². The van der Waals surface area contributed by atoms with E-state index in [-0.39, 0.29) is 12.4 Å². The molecule has 0 amide bonds. The Hall–Kier alpha value is -1.87. The highest BCUT2D eigenvalue weighted by Gasteiger charge is 2.28. The lowest BCUT2D eigenvalue weighted by molar-refractivity contribution is -0.0985. The summed E-state index contributed by atoms with van der Waals surface area (Å²) in [5.74, 6) is 0.397. The second-order valence-electron chi connectivity index (χ2n) is 4.24. The number of hydrogen-bond donors (Lipinski definition) is 1. The van der Waals surface area contributed by atoms with Crippen molar-refractivity contribution in [2.75, 3.05) is 0 Å². The van der Waals surface area contributed by atoms with Crippen molar-refractivity contribution in [1.82, 2.24) is 29.4 Å². The van der Waals surface area contributed by atoms with Gasteiger partial charge in [-0.05, 0) is 6.92 Å². The fourth-order valence-electron chi connectivity index (χ4n) is 2.30. The summed E-state index contributed by atoms with van der Waals surface area (Å²) in [7, 11) is 0. The first kappa shape index (κ1) is 12.2. The first-order valence-corrected chi connectivity index (χ1v) is 5.82. The molecule has 1 N–H and O–H groups in total. The molecule has 9 heteroatoms. The van der Waals surface area contributed by atoms with Crippen LogP contribution in [0.3, 0.4) is 0 Å². The molecule has 0 saturated carbocycles. The lowest BCUT2D eigenvalue weighted by Crippen LogP contribution is -2.14. The minimum atomic E-state index is -2.71. The van der Waals surface area contributed by atoms with Gasteiger partial charge in [-0.25, -0.2) is 4.98 Å². The first-order valence-electron chi connectivity index (χ1n) is 5.82. The Labute approximate surface area is 107 Å². The molecule has 3 heterocycles. The van der Waals surface area contributed by atoms with Crippen LogP contribution in [0, 0.1) is 0 Å². The number of hydrogen-bond acceptors (Lipinski definition) is 5. The zero-order valence-corrected chi connectivity index (χ0v) is 10.2. The van der Waals surface area contributed by atoms with Crippen molar-refractivity contribution < 1.29 is 14.0 Å². The maximum atomic E-state index is 12.8. The largest absolute Gasteiger partial charge is 0.324 e. The summed E-state index contributed by atoms with van der Waals surface area (Å²) in [4.78, 5) is 4.30. The van der Waals surface area contributed by atoms with Crippen LogP contribution in [-0.4, -0.2) is 34.6 Å². The second-order valence-corrected chi connectivity index (χ2v) is 4.24. The molecule has 19 heavy (non-hydrogen) atoms. The van der Waals surface area contributed by atoms with Crippen LogP contribution in [0.2, 0.25) is 0 Å². The Morgan fingerprint density at radius 3 is 2.84 bits per heavy atom. The van der Waals surface area contributed by atoms with Crippen molar-refractivity contribution >= 4 is 0 Å². The van der Waals surface area contributed by atoms with E-state index in [0.29, 0.717) is 29.2 Å². The minimum absolute atomic E-state index is 0.0377. The summed E-state index contributed by atoms with van der Waals surface area (Å²) >= 11 is 0. The van der Waals surface area contributed by atoms with Gasteiger partial charge in [0.05, 0.1) is 24.5 Å². The average molecular weight is 270 g/mol. The molecular weight excluding hydrogens is 258 g/mol. The molecule has 1 aliphatic rings. The number of aromatic nitrogens is 5. The van der Waals surface area contributed by atoms with E-state index >= 15 is 0 Å². The highest BCUT2D eigenvalue weighted by atomic mass is 19.3. The fraction of sp³-hybridized carbons (Fsp3) is 0.500. The molecule has 0 atom stereocenters. The van der Waals surface area contributed by atoms with Crippen molar-refractivity contribution in [3.63, 3.8) is 0 Å². The van der Waals surface area contributed by atoms with E-state index < -0.39 is 6.55 Å². The SMILES string of the molecule is CCn1c(-c2nncn2C(F)F)nc2c1CN(O)C2. The van der Waals surface area contributed by atoms with Crippen molar-refractivity contribution in [2.24, 2.45) is 0 Å². The average Bonchev–Trinajstić information content (AvgIpc) is 3.00. The Bertz CT molecular complexity index is 607. The van der Waals surface area contributed by atoms with Gasteiger partial charge in [-0.2, -0.15) is 13.8 Å². The van der Waals surface area contributed by atoms with E-state index in [4.69, 9.17) is 0 Å². The number of imidazole rings is 1. The van der Waals surface area contributed by atoms with E-state index in [0.717, 1.165) is 17.1 Å². The molecule has 2 aromatic rings. The van der Waals surface area contributed by atoms with E-state index in [9.17, 15) is 14.0 Å². The number of alkyl halides is 2. The van der Waals surface area contributed by atoms with Gasteiger partial charge in [0.15, 0.2) is 5.82 Å². The van der Waals surface area contributed by atoms with Crippen molar-refractivity contribution in [2.45, 2.75) is 33.1 Å². The van der Waals surface area contributed by atoms with Crippen LogP contribution < -0.4 is 0 Å². The Morgan fingerprint density at radius 1 is 1.37 bits per heavy atom. The lowest BCUT2D eigenvalue weighted by Gasteiger charge is -2.10. The molecule has 3 rings (SSSR count). The van der Waals surface area contributed by atoms with Gasteiger partial charge in [0, 0.05) is 6.54 Å². The molecule has 7 nitrogen and oxygen atoms in total. The zero-order chi connectivity index (χ0) is 13.6. The van der Waals surface area contributed by atoms with E-state index in [1.807, 2.05) is 6.92 Å². The summed E-state index contributed by atoms with van der Waals surface area (Å²) in [6, 6.07) is 0. The van der Waals surface area contributed by atoms with Crippen LogP contribution in [0.25, 0.3) is 11.6 Å². The summed E-state index contributed by atoms with van der Waals surface area (Å²) in [5.41, 5.74) is 1.51. The van der Waals surface area contributed by atoms with Gasteiger partial charge in [0.1, 0.15) is 6.33 Å². The highest BCUT2D eigenvalue weighted by molar-refractivity contribution is 5.47. The van der Waals surface area contributed by atoms with Crippen LogP contribution in [0.15, 0.2) is 6.33 Å². The number of fused-ring (bicyclic) bond motifs is 1. The van der Waals surface area contributed by atoms with Gasteiger partial charge in [-0.15, -0.1) is 10.2 Å². The summed E-state index contributed by atoms with van der Waals surface area (Å²) in [6.07, 6.45) is 0.984. The minimum Gasteiger partial charge on any atom is -0.324 e. The third-order valence-electron chi connectivity index (χ3n) is 3.12. The van der Waals surface area contributed by atoms with Crippen LogP contribution in [-0.2, 0) is 19.6 Å². The van der Waals surface area contributed by atoms with Gasteiger partial charge in [0.25, 0.3) is 0 Å². The lowest BCUT2D eigenvalue weighted by atomic mass is 10.4. The Kier molecular flexibility index (Phi) is 2.79. The monoisotopic (exact) mass is 270 g/mol. The predicted molar refractivity (Wildman–Crippen MR) is 59.2 cm³/mol. The quantitative estimate of drug-likeness (QED) is 0.909. The first-order chi connectivity index (χ1) is 9.11. The Balaban J connectivity index is 2.11. The second kappa shape index (κ2) is 4.35. The third kappa shape index (κ3) is 1.81. The number of hydroxylamine groups is 2. The summed E-state index contributed by atoms with van der Waals surface area (Å²) in [5, 5.41) is 17.8. The van der Waals surface area contributed by atoms with Crippen LogP contribution in [0.4, 0.5) is 8.78 Å². The van der Waals surface area contributed by atoms with E-state index in [1.165, 1.54) is 0 Å². The molecule has 0 spiro atoms. The van der Waals surface area contributed by atoms with Crippen molar-refractivity contribution in [1.29, 1.82) is 0 Å². The van der Waals surface area contributed by atoms with E-state index in [1.54, 1.807) is 4.57 Å². The van der Waals surface area contributed by atoms with Crippen LogP contribution >= 0.6 is 0 Å². The molecule has 0 saturated heterocycles. The third-order valence-corrected chi connectivity index (χ3v) is 3.12. The highest BCUT2D eigenvalue weighted by Crippen LogP contribution is 2.28. The predicted octanol–water partition coefficient (Wildman–Crippen LogP) is 1.26. The molecule has 102 valence electrons. The maximum Gasteiger partial charge on any atom is 0.321 e. The Morgan fingerprint density at radius 2 is 2.16 bits per heavy atom. The van der Waals surface area contributed by atoms with Crippen molar-refractivity contribution in [3.8, 4) is 11.6 Å². The topological polar surface area (TPSA) is 72.0 Å². The molecule has 0 aromatic carbocycles. The number of nitrogens with zero attached hydrogens (tertiary/aromatic N) is 6. The molecule has 0 aliphatic carbocycles. The van der Waals surface area contributed by atoms with Gasteiger partial charge in [-0.3, -0.25) is 4.57 Å². The number of rotatable bonds is 3. The molecular formula is C10H12F2N6O. The molecule has 0 bridgehead atoms.